The van der Waals surface area contributed by atoms with Gasteiger partial charge in [-0.2, -0.15) is 21.6 Å². The quantitative estimate of drug-likeness (QED) is 0.310. The molecular formula is C13H15F4NO4S. The number of carbonyl (C=O) groups excluding carboxylic acids is 1. The molecule has 0 unspecified atom stereocenters. The van der Waals surface area contributed by atoms with Crippen LogP contribution >= 0.6 is 0 Å². The van der Waals surface area contributed by atoms with Gasteiger partial charge in [0.1, 0.15) is 0 Å². The highest BCUT2D eigenvalue weighted by Gasteiger charge is 2.48. The number of alkyl halides is 3. The van der Waals surface area contributed by atoms with Crippen molar-refractivity contribution in [3.05, 3.63) is 29.6 Å². The third-order valence-electron chi connectivity index (χ3n) is 2.83. The maximum absolute atomic E-state index is 13.5. The smallest absolute Gasteiger partial charge is 0.373 e. The SMILES string of the molecule is CCCN(C=O)CCc1ccc(F)c(OS(=O)(=O)C(F)(F)F)c1. The van der Waals surface area contributed by atoms with Crippen molar-refractivity contribution in [3.63, 3.8) is 0 Å². The zero-order valence-electron chi connectivity index (χ0n) is 12.1. The second-order valence-electron chi connectivity index (χ2n) is 4.64. The monoisotopic (exact) mass is 357 g/mol. The van der Waals surface area contributed by atoms with Crippen molar-refractivity contribution in [2.24, 2.45) is 0 Å². The molecule has 0 heterocycles. The third kappa shape index (κ3) is 5.38. The lowest BCUT2D eigenvalue weighted by atomic mass is 10.1. The molecule has 0 aliphatic carbocycles. The highest BCUT2D eigenvalue weighted by Crippen LogP contribution is 2.29. The molecule has 0 radical (unpaired) electrons. The predicted molar refractivity (Wildman–Crippen MR) is 73.6 cm³/mol. The molecule has 0 N–H and O–H groups in total. The second-order valence-corrected chi connectivity index (χ2v) is 6.18. The Labute approximate surface area is 131 Å². The first-order chi connectivity index (χ1) is 10.6. The van der Waals surface area contributed by atoms with Crippen LogP contribution in [0.1, 0.15) is 18.9 Å². The van der Waals surface area contributed by atoms with E-state index in [4.69, 9.17) is 0 Å². The molecule has 1 aromatic rings. The van der Waals surface area contributed by atoms with E-state index < -0.39 is 27.2 Å². The molecule has 1 rings (SSSR count). The molecule has 1 amide bonds. The van der Waals surface area contributed by atoms with E-state index in [2.05, 4.69) is 4.18 Å². The molecule has 23 heavy (non-hydrogen) atoms. The lowest BCUT2D eigenvalue weighted by Gasteiger charge is -2.16. The summed E-state index contributed by atoms with van der Waals surface area (Å²) in [6.07, 6.45) is 1.56. The first-order valence-corrected chi connectivity index (χ1v) is 8.00. The third-order valence-corrected chi connectivity index (χ3v) is 3.79. The van der Waals surface area contributed by atoms with E-state index in [0.29, 0.717) is 18.5 Å². The van der Waals surface area contributed by atoms with Crippen LogP contribution in [-0.4, -0.2) is 38.3 Å². The van der Waals surface area contributed by atoms with Gasteiger partial charge < -0.3 is 9.08 Å². The fourth-order valence-corrected chi connectivity index (χ4v) is 2.17. The van der Waals surface area contributed by atoms with Crippen LogP contribution in [-0.2, 0) is 21.3 Å². The summed E-state index contributed by atoms with van der Waals surface area (Å²) in [7, 11) is -5.94. The Bertz CT molecular complexity index is 646. The molecule has 10 heteroatoms. The Morgan fingerprint density at radius 3 is 2.43 bits per heavy atom. The maximum Gasteiger partial charge on any atom is 0.534 e. The van der Waals surface area contributed by atoms with Crippen LogP contribution in [0.25, 0.3) is 0 Å². The summed E-state index contributed by atoms with van der Waals surface area (Å²) in [5.41, 5.74) is -5.31. The van der Waals surface area contributed by atoms with Crippen LogP contribution in [0.4, 0.5) is 17.6 Å². The molecule has 0 aromatic heterocycles. The molecule has 0 saturated carbocycles. The van der Waals surface area contributed by atoms with Crippen LogP contribution in [0.2, 0.25) is 0 Å². The molecule has 0 fully saturated rings. The van der Waals surface area contributed by atoms with Crippen molar-refractivity contribution in [3.8, 4) is 5.75 Å². The standard InChI is InChI=1S/C13H15F4NO4S/c1-2-6-18(9-19)7-5-10-3-4-11(14)12(8-10)22-23(20,21)13(15,16)17/h3-4,8-9H,2,5-7H2,1H3. The number of halogens is 4. The van der Waals surface area contributed by atoms with Crippen LogP contribution in [0.5, 0.6) is 5.75 Å². The maximum atomic E-state index is 13.5. The molecule has 0 atom stereocenters. The number of hydrogen-bond donors (Lipinski definition) is 0. The van der Waals surface area contributed by atoms with E-state index in [0.717, 1.165) is 18.6 Å². The Morgan fingerprint density at radius 2 is 1.91 bits per heavy atom. The van der Waals surface area contributed by atoms with Crippen molar-refractivity contribution < 1.29 is 35.0 Å². The zero-order valence-corrected chi connectivity index (χ0v) is 13.0. The first-order valence-electron chi connectivity index (χ1n) is 6.59. The van der Waals surface area contributed by atoms with Gasteiger partial charge in [0.2, 0.25) is 6.41 Å². The van der Waals surface area contributed by atoms with E-state index >= 15 is 0 Å². The van der Waals surface area contributed by atoms with Crippen molar-refractivity contribution >= 4 is 16.5 Å². The number of carbonyl (C=O) groups is 1. The first kappa shape index (κ1) is 19.2. The zero-order chi connectivity index (χ0) is 17.7. The minimum Gasteiger partial charge on any atom is -0.373 e. The van der Waals surface area contributed by atoms with Crippen LogP contribution < -0.4 is 4.18 Å². The van der Waals surface area contributed by atoms with Gasteiger partial charge in [-0.25, -0.2) is 4.39 Å². The largest absolute Gasteiger partial charge is 0.534 e. The number of hydrogen-bond acceptors (Lipinski definition) is 4. The van der Waals surface area contributed by atoms with Gasteiger partial charge >= 0.3 is 15.6 Å². The summed E-state index contributed by atoms with van der Waals surface area (Å²) in [5, 5.41) is 0. The molecule has 1 aromatic carbocycles. The lowest BCUT2D eigenvalue weighted by Crippen LogP contribution is -2.28. The van der Waals surface area contributed by atoms with Crippen LogP contribution in [0, 0.1) is 5.82 Å². The Hall–Kier alpha value is -1.84. The number of benzene rings is 1. The molecule has 5 nitrogen and oxygen atoms in total. The molecular weight excluding hydrogens is 342 g/mol. The van der Waals surface area contributed by atoms with Crippen LogP contribution in [0.15, 0.2) is 18.2 Å². The predicted octanol–water partition coefficient (Wildman–Crippen LogP) is 2.47. The molecule has 130 valence electrons. The Kier molecular flexibility index (Phi) is 6.37. The molecule has 0 spiro atoms. The summed E-state index contributed by atoms with van der Waals surface area (Å²) in [6, 6.07) is 2.95. The average molecular weight is 357 g/mol. The van der Waals surface area contributed by atoms with Gasteiger partial charge in [-0.15, -0.1) is 0 Å². The van der Waals surface area contributed by atoms with Crippen LogP contribution in [0.3, 0.4) is 0 Å². The summed E-state index contributed by atoms with van der Waals surface area (Å²) in [4.78, 5) is 12.2. The van der Waals surface area contributed by atoms with Crippen molar-refractivity contribution in [2.45, 2.75) is 25.3 Å². The van der Waals surface area contributed by atoms with Gasteiger partial charge in [0.15, 0.2) is 11.6 Å². The number of rotatable bonds is 8. The summed E-state index contributed by atoms with van der Waals surface area (Å²) < 4.78 is 75.9. The average Bonchev–Trinajstić information content (AvgIpc) is 2.45. The molecule has 0 bridgehead atoms. The minimum atomic E-state index is -5.94. The summed E-state index contributed by atoms with van der Waals surface area (Å²) in [6.45, 7) is 2.62. The van der Waals surface area contributed by atoms with Gasteiger partial charge in [-0.1, -0.05) is 13.0 Å². The Balaban J connectivity index is 2.90. The van der Waals surface area contributed by atoms with Crippen molar-refractivity contribution in [2.75, 3.05) is 13.1 Å². The fourth-order valence-electron chi connectivity index (χ4n) is 1.71. The highest BCUT2D eigenvalue weighted by atomic mass is 32.2. The van der Waals surface area contributed by atoms with E-state index in [1.165, 1.54) is 11.0 Å². The van der Waals surface area contributed by atoms with Gasteiger partial charge in [0.25, 0.3) is 0 Å². The van der Waals surface area contributed by atoms with E-state index in [1.54, 1.807) is 0 Å². The second kappa shape index (κ2) is 7.62. The molecule has 0 saturated heterocycles. The van der Waals surface area contributed by atoms with E-state index in [1.807, 2.05) is 6.92 Å². The number of nitrogens with zero attached hydrogens (tertiary/aromatic N) is 1. The van der Waals surface area contributed by atoms with Gasteiger partial charge in [-0.3, -0.25) is 4.79 Å². The van der Waals surface area contributed by atoms with E-state index in [9.17, 15) is 30.8 Å². The summed E-state index contributed by atoms with van der Waals surface area (Å²) >= 11 is 0. The summed E-state index contributed by atoms with van der Waals surface area (Å²) in [5.74, 6) is -2.27. The minimum absolute atomic E-state index is 0.210. The normalized spacial score (nSPS) is 12.0. The fraction of sp³-hybridized carbons (Fsp3) is 0.462. The number of amides is 1. The molecule has 0 aliphatic rings. The van der Waals surface area contributed by atoms with Crippen molar-refractivity contribution in [1.29, 1.82) is 0 Å². The van der Waals surface area contributed by atoms with Crippen molar-refractivity contribution in [1.82, 2.24) is 4.90 Å². The Morgan fingerprint density at radius 1 is 1.26 bits per heavy atom. The van der Waals surface area contributed by atoms with Gasteiger partial charge in [-0.05, 0) is 30.5 Å². The van der Waals surface area contributed by atoms with Gasteiger partial charge in [0.05, 0.1) is 0 Å². The van der Waals surface area contributed by atoms with Gasteiger partial charge in [0, 0.05) is 13.1 Å². The molecule has 0 aliphatic heterocycles. The van der Waals surface area contributed by atoms with E-state index in [-0.39, 0.29) is 13.0 Å². The highest BCUT2D eigenvalue weighted by molar-refractivity contribution is 7.88. The topological polar surface area (TPSA) is 63.7 Å². The lowest BCUT2D eigenvalue weighted by molar-refractivity contribution is -0.118.